The summed E-state index contributed by atoms with van der Waals surface area (Å²) in [5.74, 6) is 2.95. The van der Waals surface area contributed by atoms with Gasteiger partial charge in [0.25, 0.3) is 0 Å². The molecule has 3 heterocycles. The minimum atomic E-state index is 0.0453. The number of hydrogen-bond acceptors (Lipinski definition) is 6. The van der Waals surface area contributed by atoms with E-state index in [0.29, 0.717) is 0 Å². The number of hydrogen-bond donors (Lipinski definition) is 0. The molecule has 8 heteroatoms. The molecule has 0 bridgehead atoms. The van der Waals surface area contributed by atoms with Crippen molar-refractivity contribution >= 4 is 56.6 Å². The van der Waals surface area contributed by atoms with E-state index >= 15 is 0 Å². The van der Waals surface area contributed by atoms with E-state index in [4.69, 9.17) is 21.6 Å². The number of thiophene rings is 1. The first kappa shape index (κ1) is 22.0. The second kappa shape index (κ2) is 9.20. The van der Waals surface area contributed by atoms with Crippen LogP contribution in [0.4, 0.5) is 5.82 Å². The predicted molar refractivity (Wildman–Crippen MR) is 134 cm³/mol. The van der Waals surface area contributed by atoms with Crippen molar-refractivity contribution in [3.05, 3.63) is 45.6 Å². The van der Waals surface area contributed by atoms with Gasteiger partial charge in [0.1, 0.15) is 16.5 Å². The summed E-state index contributed by atoms with van der Waals surface area (Å²) in [4.78, 5) is 30.6. The Labute approximate surface area is 202 Å². The first-order valence-electron chi connectivity index (χ1n) is 11.2. The number of aryl methyl sites for hydroxylation is 2. The van der Waals surface area contributed by atoms with Crippen LogP contribution in [0.5, 0.6) is 0 Å². The van der Waals surface area contributed by atoms with Gasteiger partial charge in [-0.15, -0.1) is 23.1 Å². The standard InChI is InChI=1S/C24H27ClN4OS2/c1-15(2)24(30)29-12-10-28(11-13-29)22-21-18-4-3-5-19(18)32-23(21)27-20(26-22)14-31-17-8-6-16(25)7-9-17/h6-9,15H,3-5,10-14H2,1-2H3. The number of nitrogens with zero attached hydrogens (tertiary/aromatic N) is 4. The Morgan fingerprint density at radius 1 is 1.12 bits per heavy atom. The number of thioether (sulfide) groups is 1. The van der Waals surface area contributed by atoms with E-state index < -0.39 is 0 Å². The lowest BCUT2D eigenvalue weighted by molar-refractivity contribution is -0.134. The number of carbonyl (C=O) groups excluding carboxylic acids is 1. The number of aromatic nitrogens is 2. The summed E-state index contributed by atoms with van der Waals surface area (Å²) in [5.41, 5.74) is 1.46. The van der Waals surface area contributed by atoms with E-state index in [0.717, 1.165) is 71.2 Å². The number of halogens is 1. The van der Waals surface area contributed by atoms with Gasteiger partial charge in [0, 0.05) is 46.9 Å². The fourth-order valence-electron chi connectivity index (χ4n) is 4.50. The number of carbonyl (C=O) groups is 1. The van der Waals surface area contributed by atoms with Gasteiger partial charge in [-0.25, -0.2) is 9.97 Å². The molecule has 0 atom stereocenters. The summed E-state index contributed by atoms with van der Waals surface area (Å²) in [7, 11) is 0. The number of benzene rings is 1. The molecular weight excluding hydrogens is 460 g/mol. The molecule has 3 aromatic rings. The Kier molecular flexibility index (Phi) is 6.32. The van der Waals surface area contributed by atoms with Crippen molar-refractivity contribution in [2.75, 3.05) is 31.1 Å². The molecule has 0 spiro atoms. The Hall–Kier alpha value is -1.83. The first-order chi connectivity index (χ1) is 15.5. The summed E-state index contributed by atoms with van der Waals surface area (Å²) in [6, 6.07) is 7.91. The van der Waals surface area contributed by atoms with Crippen LogP contribution < -0.4 is 4.90 Å². The maximum absolute atomic E-state index is 12.4. The Morgan fingerprint density at radius 3 is 2.59 bits per heavy atom. The van der Waals surface area contributed by atoms with E-state index in [1.807, 2.05) is 54.3 Å². The van der Waals surface area contributed by atoms with Crippen LogP contribution in [0.2, 0.25) is 5.02 Å². The fourth-order valence-corrected chi connectivity index (χ4v) is 6.65. The zero-order valence-corrected chi connectivity index (χ0v) is 20.8. The molecule has 5 rings (SSSR count). The largest absolute Gasteiger partial charge is 0.352 e. The van der Waals surface area contributed by atoms with Crippen molar-refractivity contribution in [1.82, 2.24) is 14.9 Å². The summed E-state index contributed by atoms with van der Waals surface area (Å²) in [6.07, 6.45) is 3.50. The highest BCUT2D eigenvalue weighted by atomic mass is 35.5. The Balaban J connectivity index is 1.42. The molecular formula is C24H27ClN4OS2. The Bertz CT molecular complexity index is 1140. The second-order valence-electron chi connectivity index (χ2n) is 8.71. The first-order valence-corrected chi connectivity index (χ1v) is 13.4. The van der Waals surface area contributed by atoms with E-state index in [1.165, 1.54) is 22.2 Å². The third kappa shape index (κ3) is 4.35. The zero-order chi connectivity index (χ0) is 22.2. The molecule has 168 valence electrons. The molecule has 1 aliphatic heterocycles. The minimum Gasteiger partial charge on any atom is -0.352 e. The molecule has 1 aliphatic carbocycles. The van der Waals surface area contributed by atoms with Crippen molar-refractivity contribution in [3.63, 3.8) is 0 Å². The van der Waals surface area contributed by atoms with Gasteiger partial charge in [-0.3, -0.25) is 4.79 Å². The fraction of sp³-hybridized carbons (Fsp3) is 0.458. The van der Waals surface area contributed by atoms with Gasteiger partial charge in [0.2, 0.25) is 5.91 Å². The number of piperazine rings is 1. The topological polar surface area (TPSA) is 49.3 Å². The second-order valence-corrected chi connectivity index (χ2v) is 11.3. The van der Waals surface area contributed by atoms with Gasteiger partial charge < -0.3 is 9.80 Å². The molecule has 2 aromatic heterocycles. The highest BCUT2D eigenvalue weighted by molar-refractivity contribution is 7.98. The minimum absolute atomic E-state index is 0.0453. The molecule has 0 unspecified atom stereocenters. The molecule has 1 aromatic carbocycles. The third-order valence-corrected chi connectivity index (χ3v) is 8.60. The predicted octanol–water partition coefficient (Wildman–Crippen LogP) is 5.43. The maximum atomic E-state index is 12.4. The van der Waals surface area contributed by atoms with Gasteiger partial charge in [-0.1, -0.05) is 25.4 Å². The molecule has 1 amide bonds. The average Bonchev–Trinajstić information content (AvgIpc) is 3.39. The normalized spacial score (nSPS) is 16.2. The van der Waals surface area contributed by atoms with Crippen LogP contribution in [0.1, 0.15) is 36.5 Å². The van der Waals surface area contributed by atoms with Crippen molar-refractivity contribution < 1.29 is 4.79 Å². The zero-order valence-electron chi connectivity index (χ0n) is 18.4. The SMILES string of the molecule is CC(C)C(=O)N1CCN(c2nc(CSc3ccc(Cl)cc3)nc3sc4c(c23)CCC4)CC1. The molecule has 0 saturated carbocycles. The summed E-state index contributed by atoms with van der Waals surface area (Å²) in [5, 5.41) is 2.00. The third-order valence-electron chi connectivity index (χ3n) is 6.16. The molecule has 0 N–H and O–H groups in total. The van der Waals surface area contributed by atoms with E-state index in [-0.39, 0.29) is 11.8 Å². The van der Waals surface area contributed by atoms with Crippen LogP contribution >= 0.6 is 34.7 Å². The highest BCUT2D eigenvalue weighted by Gasteiger charge is 2.28. The van der Waals surface area contributed by atoms with Gasteiger partial charge in [-0.05, 0) is 49.1 Å². The average molecular weight is 487 g/mol. The Morgan fingerprint density at radius 2 is 1.88 bits per heavy atom. The van der Waals surface area contributed by atoms with Crippen LogP contribution in [0.3, 0.4) is 0 Å². The van der Waals surface area contributed by atoms with Crippen LogP contribution in [-0.4, -0.2) is 47.0 Å². The molecule has 1 fully saturated rings. The highest BCUT2D eigenvalue weighted by Crippen LogP contribution is 2.41. The summed E-state index contributed by atoms with van der Waals surface area (Å²) >= 11 is 9.60. The van der Waals surface area contributed by atoms with Crippen LogP contribution in [0, 0.1) is 5.92 Å². The van der Waals surface area contributed by atoms with Crippen LogP contribution in [-0.2, 0) is 23.4 Å². The van der Waals surface area contributed by atoms with Crippen LogP contribution in [0.25, 0.3) is 10.2 Å². The molecule has 2 aliphatic rings. The van der Waals surface area contributed by atoms with Crippen molar-refractivity contribution in [1.29, 1.82) is 0 Å². The molecule has 5 nitrogen and oxygen atoms in total. The quantitative estimate of drug-likeness (QED) is 0.450. The van der Waals surface area contributed by atoms with E-state index in [1.54, 1.807) is 11.8 Å². The molecule has 0 radical (unpaired) electrons. The number of fused-ring (bicyclic) bond motifs is 3. The number of amides is 1. The van der Waals surface area contributed by atoms with Gasteiger partial charge in [-0.2, -0.15) is 0 Å². The van der Waals surface area contributed by atoms with E-state index in [9.17, 15) is 4.79 Å². The molecule has 32 heavy (non-hydrogen) atoms. The summed E-state index contributed by atoms with van der Waals surface area (Å²) in [6.45, 7) is 7.09. The monoisotopic (exact) mass is 486 g/mol. The van der Waals surface area contributed by atoms with Gasteiger partial charge >= 0.3 is 0 Å². The van der Waals surface area contributed by atoms with Crippen molar-refractivity contribution in [2.45, 2.75) is 43.8 Å². The lowest BCUT2D eigenvalue weighted by Crippen LogP contribution is -2.50. The number of anilines is 1. The summed E-state index contributed by atoms with van der Waals surface area (Å²) < 4.78 is 0. The molecule has 1 saturated heterocycles. The van der Waals surface area contributed by atoms with Crippen LogP contribution in [0.15, 0.2) is 29.2 Å². The van der Waals surface area contributed by atoms with Gasteiger partial charge in [0.15, 0.2) is 0 Å². The lowest BCUT2D eigenvalue weighted by Gasteiger charge is -2.36. The lowest BCUT2D eigenvalue weighted by atomic mass is 10.1. The maximum Gasteiger partial charge on any atom is 0.225 e. The number of rotatable bonds is 5. The smallest absolute Gasteiger partial charge is 0.225 e. The van der Waals surface area contributed by atoms with E-state index in [2.05, 4.69) is 4.90 Å². The van der Waals surface area contributed by atoms with Crippen molar-refractivity contribution in [2.24, 2.45) is 5.92 Å². The van der Waals surface area contributed by atoms with Crippen molar-refractivity contribution in [3.8, 4) is 0 Å². The van der Waals surface area contributed by atoms with Gasteiger partial charge in [0.05, 0.1) is 11.1 Å².